The van der Waals surface area contributed by atoms with Crippen molar-refractivity contribution in [3.05, 3.63) is 115 Å². The van der Waals surface area contributed by atoms with E-state index in [9.17, 15) is 19.1 Å². The second kappa shape index (κ2) is 11.1. The average Bonchev–Trinajstić information content (AvgIpc) is 2.71. The highest BCUT2D eigenvalue weighted by Gasteiger charge is 2.19. The summed E-state index contributed by atoms with van der Waals surface area (Å²) in [5, 5.41) is 9.31. The number of carbonyl (C=O) groups excluding carboxylic acids is 1. The number of hydrogen-bond acceptors (Lipinski definition) is 3. The van der Waals surface area contributed by atoms with Crippen LogP contribution in [0.25, 0.3) is 0 Å². The summed E-state index contributed by atoms with van der Waals surface area (Å²) < 4.78 is 19.1. The Bertz CT molecular complexity index is 898. The summed E-state index contributed by atoms with van der Waals surface area (Å²) in [6.07, 6.45) is 2.48. The summed E-state index contributed by atoms with van der Waals surface area (Å²) >= 11 is 0. The molecule has 144 valence electrons. The third-order valence-corrected chi connectivity index (χ3v) is 3.53. The number of allylic oxidation sites excluding steroid dienone is 4. The first-order valence-corrected chi connectivity index (χ1v) is 8.20. The van der Waals surface area contributed by atoms with Gasteiger partial charge in [-0.25, -0.2) is 9.18 Å². The zero-order valence-corrected chi connectivity index (χ0v) is 15.4. The maximum absolute atomic E-state index is 13.5. The summed E-state index contributed by atoms with van der Waals surface area (Å²) in [6.45, 7) is 12.7. The maximum atomic E-state index is 13.5. The number of ether oxygens (including phenoxy) is 1. The van der Waals surface area contributed by atoms with Gasteiger partial charge in [0.15, 0.2) is 5.78 Å². The first-order chi connectivity index (χ1) is 13.4. The van der Waals surface area contributed by atoms with Crippen LogP contribution in [-0.4, -0.2) is 16.9 Å². The summed E-state index contributed by atoms with van der Waals surface area (Å²) in [5.41, 5.74) is 0.581. The van der Waals surface area contributed by atoms with Crippen LogP contribution in [0.2, 0.25) is 0 Å². The molecule has 0 fully saturated rings. The minimum atomic E-state index is -1.19. The fourth-order valence-electron chi connectivity index (χ4n) is 2.26. The number of rotatable bonds is 8. The Balaban J connectivity index is 0.00000190. The molecule has 1 N–H and O–H groups in total. The van der Waals surface area contributed by atoms with E-state index in [1.807, 2.05) is 30.3 Å². The van der Waals surface area contributed by atoms with Gasteiger partial charge in [-0.05, 0) is 29.8 Å². The molecule has 0 atom stereocenters. The van der Waals surface area contributed by atoms with Gasteiger partial charge in [-0.3, -0.25) is 4.79 Å². The highest BCUT2D eigenvalue weighted by molar-refractivity contribution is 6.12. The Morgan fingerprint density at radius 3 is 2.29 bits per heavy atom. The molecule has 0 heterocycles. The number of carboxylic acids is 1. The number of benzene rings is 2. The van der Waals surface area contributed by atoms with Gasteiger partial charge in [-0.15, -0.1) is 13.2 Å². The van der Waals surface area contributed by atoms with Crippen LogP contribution in [0, 0.1) is 0 Å². The SMILES string of the molecule is C=C.C=C/C=C(\C(=C)F)C(=O)c1ccc(C(=O)O)c(OCc2ccccc2)c1. The fourth-order valence-corrected chi connectivity index (χ4v) is 2.26. The van der Waals surface area contributed by atoms with E-state index in [4.69, 9.17) is 4.74 Å². The monoisotopic (exact) mass is 380 g/mol. The Morgan fingerprint density at radius 1 is 1.11 bits per heavy atom. The number of ketones is 1. The third-order valence-electron chi connectivity index (χ3n) is 3.53. The van der Waals surface area contributed by atoms with Gasteiger partial charge in [0, 0.05) is 5.56 Å². The number of carboxylic acid groups (broad SMARTS) is 1. The Morgan fingerprint density at radius 2 is 1.75 bits per heavy atom. The van der Waals surface area contributed by atoms with Gasteiger partial charge in [-0.1, -0.05) is 49.6 Å². The predicted molar refractivity (Wildman–Crippen MR) is 108 cm³/mol. The molecule has 2 aromatic carbocycles. The molecule has 0 aliphatic carbocycles. The molecule has 0 saturated carbocycles. The lowest BCUT2D eigenvalue weighted by Crippen LogP contribution is -2.08. The van der Waals surface area contributed by atoms with Crippen molar-refractivity contribution >= 4 is 11.8 Å². The molecule has 2 rings (SSSR count). The van der Waals surface area contributed by atoms with Crippen LogP contribution in [0.3, 0.4) is 0 Å². The Hall–Kier alpha value is -3.73. The molecule has 0 amide bonds. The lowest BCUT2D eigenvalue weighted by Gasteiger charge is -2.11. The molecule has 4 nitrogen and oxygen atoms in total. The molecule has 0 spiro atoms. The van der Waals surface area contributed by atoms with E-state index in [2.05, 4.69) is 26.3 Å². The third kappa shape index (κ3) is 5.92. The Kier molecular flexibility index (Phi) is 8.83. The van der Waals surface area contributed by atoms with Gasteiger partial charge in [0.2, 0.25) is 0 Å². The van der Waals surface area contributed by atoms with Gasteiger partial charge in [0.25, 0.3) is 0 Å². The van der Waals surface area contributed by atoms with Crippen molar-refractivity contribution in [2.75, 3.05) is 0 Å². The normalized spacial score (nSPS) is 10.2. The molecule has 0 aromatic heterocycles. The van der Waals surface area contributed by atoms with Gasteiger partial charge in [0.1, 0.15) is 23.7 Å². The zero-order chi connectivity index (χ0) is 21.1. The highest BCUT2D eigenvalue weighted by atomic mass is 19.1. The number of carbonyl (C=O) groups is 2. The Labute approximate surface area is 163 Å². The molecule has 2 aromatic rings. The van der Waals surface area contributed by atoms with Crippen molar-refractivity contribution in [1.82, 2.24) is 0 Å². The van der Waals surface area contributed by atoms with Gasteiger partial charge < -0.3 is 9.84 Å². The quantitative estimate of drug-likeness (QED) is 0.282. The standard InChI is InChI=1S/C21H17FO4.C2H4/c1-3-7-17(14(2)22)20(23)16-10-11-18(21(24)25)19(12-16)26-13-15-8-5-4-6-9-15;1-2/h3-12H,1-2,13H2,(H,24,25);1-2H2/b17-7+;. The highest BCUT2D eigenvalue weighted by Crippen LogP contribution is 2.25. The fraction of sp³-hybridized carbons (Fsp3) is 0.0435. The van der Waals surface area contributed by atoms with Crippen LogP contribution >= 0.6 is 0 Å². The number of aromatic carboxylic acids is 1. The van der Waals surface area contributed by atoms with E-state index < -0.39 is 17.6 Å². The lowest BCUT2D eigenvalue weighted by molar-refractivity contribution is 0.0691. The first kappa shape index (κ1) is 22.3. The number of Topliss-reactive ketones (excluding diaryl/α,β-unsaturated/α-hetero) is 1. The molecule has 0 unspecified atom stereocenters. The average molecular weight is 380 g/mol. The summed E-state index contributed by atoms with van der Waals surface area (Å²) in [6, 6.07) is 13.0. The molecule has 0 radical (unpaired) electrons. The van der Waals surface area contributed by atoms with E-state index in [0.717, 1.165) is 5.56 Å². The zero-order valence-electron chi connectivity index (χ0n) is 15.4. The van der Waals surface area contributed by atoms with Crippen LogP contribution in [0.4, 0.5) is 4.39 Å². The summed E-state index contributed by atoms with van der Waals surface area (Å²) in [7, 11) is 0. The summed E-state index contributed by atoms with van der Waals surface area (Å²) in [5.74, 6) is -2.71. The molecule has 28 heavy (non-hydrogen) atoms. The van der Waals surface area contributed by atoms with Crippen molar-refractivity contribution in [2.45, 2.75) is 6.61 Å². The van der Waals surface area contributed by atoms with Crippen LogP contribution in [0.5, 0.6) is 5.75 Å². The van der Waals surface area contributed by atoms with Crippen molar-refractivity contribution in [2.24, 2.45) is 0 Å². The predicted octanol–water partition coefficient (Wildman–Crippen LogP) is 5.54. The molecule has 0 aliphatic rings. The minimum absolute atomic E-state index is 0.0228. The van der Waals surface area contributed by atoms with Crippen molar-refractivity contribution < 1.29 is 23.8 Å². The maximum Gasteiger partial charge on any atom is 0.339 e. The van der Waals surface area contributed by atoms with Crippen LogP contribution in [0.15, 0.2) is 98.4 Å². The van der Waals surface area contributed by atoms with Gasteiger partial charge in [-0.2, -0.15) is 0 Å². The molecule has 0 saturated heterocycles. The van der Waals surface area contributed by atoms with Gasteiger partial charge in [0.05, 0.1) is 5.57 Å². The van der Waals surface area contributed by atoms with E-state index in [-0.39, 0.29) is 29.1 Å². The molecular formula is C23H21FO4. The van der Waals surface area contributed by atoms with Crippen LogP contribution in [0.1, 0.15) is 26.3 Å². The summed E-state index contributed by atoms with van der Waals surface area (Å²) in [4.78, 5) is 23.9. The second-order valence-electron chi connectivity index (χ2n) is 5.34. The van der Waals surface area contributed by atoms with Crippen molar-refractivity contribution in [1.29, 1.82) is 0 Å². The van der Waals surface area contributed by atoms with Crippen LogP contribution in [-0.2, 0) is 6.61 Å². The van der Waals surface area contributed by atoms with E-state index in [1.54, 1.807) is 0 Å². The molecule has 0 aliphatic heterocycles. The smallest absolute Gasteiger partial charge is 0.339 e. The topological polar surface area (TPSA) is 63.6 Å². The van der Waals surface area contributed by atoms with E-state index >= 15 is 0 Å². The lowest BCUT2D eigenvalue weighted by atomic mass is 10.0. The minimum Gasteiger partial charge on any atom is -0.488 e. The first-order valence-electron chi connectivity index (χ1n) is 8.20. The van der Waals surface area contributed by atoms with E-state index in [1.165, 1.54) is 30.4 Å². The number of hydrogen-bond donors (Lipinski definition) is 1. The second-order valence-corrected chi connectivity index (χ2v) is 5.34. The van der Waals surface area contributed by atoms with Crippen molar-refractivity contribution in [3.8, 4) is 5.75 Å². The molecular weight excluding hydrogens is 359 g/mol. The number of halogens is 1. The molecule has 0 bridgehead atoms. The van der Waals surface area contributed by atoms with E-state index in [0.29, 0.717) is 0 Å². The molecule has 5 heteroatoms. The van der Waals surface area contributed by atoms with Crippen LogP contribution < -0.4 is 4.74 Å². The largest absolute Gasteiger partial charge is 0.488 e. The van der Waals surface area contributed by atoms with Gasteiger partial charge >= 0.3 is 5.97 Å². The van der Waals surface area contributed by atoms with Crippen molar-refractivity contribution in [3.63, 3.8) is 0 Å².